The summed E-state index contributed by atoms with van der Waals surface area (Å²) < 4.78 is 19.2. The van der Waals surface area contributed by atoms with Gasteiger partial charge in [0.15, 0.2) is 5.82 Å². The van der Waals surface area contributed by atoms with Gasteiger partial charge in [-0.05, 0) is 13.0 Å². The maximum atomic E-state index is 14.0. The molecule has 0 unspecified atom stereocenters. The molecule has 1 aliphatic rings. The predicted octanol–water partition coefficient (Wildman–Crippen LogP) is 2.38. The third kappa shape index (κ3) is 2.99. The van der Waals surface area contributed by atoms with E-state index >= 15 is 0 Å². The van der Waals surface area contributed by atoms with Gasteiger partial charge in [-0.2, -0.15) is 4.98 Å². The van der Waals surface area contributed by atoms with Gasteiger partial charge in [-0.3, -0.25) is 4.90 Å². The van der Waals surface area contributed by atoms with Crippen LogP contribution < -0.4 is 0 Å². The van der Waals surface area contributed by atoms with Gasteiger partial charge in [-0.25, -0.2) is 4.39 Å². The minimum atomic E-state index is -0.387. The van der Waals surface area contributed by atoms with E-state index in [4.69, 9.17) is 16.1 Å². The summed E-state index contributed by atoms with van der Waals surface area (Å²) in [6.07, 6.45) is 0. The average molecular weight is 326 g/mol. The lowest BCUT2D eigenvalue weighted by Gasteiger charge is -2.16. The van der Waals surface area contributed by atoms with Gasteiger partial charge in [0.2, 0.25) is 5.89 Å². The Hall–Kier alpha value is -1.50. The molecule has 0 amide bonds. The second-order valence-corrected chi connectivity index (χ2v) is 6.04. The molecule has 1 aliphatic heterocycles. The van der Waals surface area contributed by atoms with Crippen LogP contribution >= 0.6 is 11.6 Å². The van der Waals surface area contributed by atoms with E-state index in [0.717, 1.165) is 0 Å². The van der Waals surface area contributed by atoms with E-state index in [1.165, 1.54) is 6.07 Å². The van der Waals surface area contributed by atoms with E-state index in [0.29, 0.717) is 36.9 Å². The van der Waals surface area contributed by atoms with Gasteiger partial charge in [0.1, 0.15) is 5.82 Å². The summed E-state index contributed by atoms with van der Waals surface area (Å²) in [4.78, 5) is 6.32. The molecule has 0 aliphatic carbocycles. The summed E-state index contributed by atoms with van der Waals surface area (Å²) >= 11 is 5.82. The lowest BCUT2D eigenvalue weighted by Crippen LogP contribution is -2.21. The Morgan fingerprint density at radius 3 is 2.95 bits per heavy atom. The molecule has 118 valence electrons. The molecule has 1 aromatic heterocycles. The highest BCUT2D eigenvalue weighted by molar-refractivity contribution is 6.30. The Kier molecular flexibility index (Phi) is 4.42. The van der Waals surface area contributed by atoms with Crippen LogP contribution in [0.1, 0.15) is 23.2 Å². The molecule has 0 bridgehead atoms. The molecule has 7 heteroatoms. The van der Waals surface area contributed by atoms with Crippen molar-refractivity contribution in [3.05, 3.63) is 46.3 Å². The topological polar surface area (TPSA) is 62.4 Å². The lowest BCUT2D eigenvalue weighted by molar-refractivity contribution is 0.204. The van der Waals surface area contributed by atoms with Crippen LogP contribution in [0.15, 0.2) is 22.7 Å². The average Bonchev–Trinajstić information content (AvgIpc) is 3.10. The highest BCUT2D eigenvalue weighted by atomic mass is 35.5. The van der Waals surface area contributed by atoms with Crippen molar-refractivity contribution in [3.63, 3.8) is 0 Å². The third-order valence-corrected chi connectivity index (χ3v) is 4.33. The van der Waals surface area contributed by atoms with Gasteiger partial charge < -0.3 is 9.63 Å². The van der Waals surface area contributed by atoms with Gasteiger partial charge in [0, 0.05) is 37.7 Å². The molecule has 0 saturated carbocycles. The second-order valence-electron chi connectivity index (χ2n) is 5.64. The molecule has 2 atom stereocenters. The molecular formula is C15H17ClFN3O2. The zero-order valence-electron chi connectivity index (χ0n) is 12.2. The van der Waals surface area contributed by atoms with Gasteiger partial charge >= 0.3 is 0 Å². The van der Waals surface area contributed by atoms with Crippen LogP contribution in [0, 0.1) is 18.7 Å². The lowest BCUT2D eigenvalue weighted by atomic mass is 9.97. The highest BCUT2D eigenvalue weighted by Crippen LogP contribution is 2.33. The summed E-state index contributed by atoms with van der Waals surface area (Å²) in [5, 5.41) is 13.5. The number of rotatable bonds is 4. The minimum absolute atomic E-state index is 0.00194. The zero-order valence-corrected chi connectivity index (χ0v) is 12.9. The van der Waals surface area contributed by atoms with Crippen LogP contribution in [0.3, 0.4) is 0 Å². The predicted molar refractivity (Wildman–Crippen MR) is 79.0 cm³/mol. The van der Waals surface area contributed by atoms with Crippen LogP contribution in [-0.4, -0.2) is 39.8 Å². The third-order valence-electron chi connectivity index (χ3n) is 4.04. The van der Waals surface area contributed by atoms with Crippen molar-refractivity contribution in [1.29, 1.82) is 0 Å². The molecule has 1 aromatic carbocycles. The molecule has 0 spiro atoms. The molecule has 1 N–H and O–H groups in total. The molecule has 2 aromatic rings. The summed E-state index contributed by atoms with van der Waals surface area (Å²) in [7, 11) is 0. The van der Waals surface area contributed by atoms with Crippen LogP contribution in [0.5, 0.6) is 0 Å². The molecule has 22 heavy (non-hydrogen) atoms. The van der Waals surface area contributed by atoms with Crippen LogP contribution in [-0.2, 0) is 6.54 Å². The Morgan fingerprint density at radius 1 is 1.45 bits per heavy atom. The Balaban J connectivity index is 1.75. The number of aliphatic hydroxyl groups excluding tert-OH is 1. The van der Waals surface area contributed by atoms with Gasteiger partial charge in [0.25, 0.3) is 0 Å². The SMILES string of the molecule is Cc1noc([C@@H]2CN(Cc3cccc(Cl)c3F)C[C@H]2CO)n1. The van der Waals surface area contributed by atoms with E-state index in [9.17, 15) is 9.50 Å². The van der Waals surface area contributed by atoms with Gasteiger partial charge in [0.05, 0.1) is 10.9 Å². The molecule has 1 saturated heterocycles. The fourth-order valence-corrected chi connectivity index (χ4v) is 3.12. The van der Waals surface area contributed by atoms with Crippen molar-refractivity contribution in [1.82, 2.24) is 15.0 Å². The number of hydrogen-bond acceptors (Lipinski definition) is 5. The maximum Gasteiger partial charge on any atom is 0.231 e. The number of aromatic nitrogens is 2. The van der Waals surface area contributed by atoms with Crippen molar-refractivity contribution in [2.75, 3.05) is 19.7 Å². The molecule has 0 radical (unpaired) electrons. The van der Waals surface area contributed by atoms with E-state index in [1.807, 2.05) is 0 Å². The first-order valence-corrected chi connectivity index (χ1v) is 7.52. The van der Waals surface area contributed by atoms with Crippen LogP contribution in [0.2, 0.25) is 5.02 Å². The van der Waals surface area contributed by atoms with Crippen molar-refractivity contribution in [2.24, 2.45) is 5.92 Å². The summed E-state index contributed by atoms with van der Waals surface area (Å²) in [6.45, 7) is 3.51. The van der Waals surface area contributed by atoms with Gasteiger partial charge in [-0.1, -0.05) is 28.9 Å². The van der Waals surface area contributed by atoms with Crippen molar-refractivity contribution >= 4 is 11.6 Å². The molecule has 3 rings (SSSR count). The smallest absolute Gasteiger partial charge is 0.231 e. The van der Waals surface area contributed by atoms with Crippen LogP contribution in [0.4, 0.5) is 4.39 Å². The van der Waals surface area contributed by atoms with Crippen LogP contribution in [0.25, 0.3) is 0 Å². The van der Waals surface area contributed by atoms with E-state index in [-0.39, 0.29) is 29.3 Å². The summed E-state index contributed by atoms with van der Waals surface area (Å²) in [5.41, 5.74) is 0.548. The number of hydrogen-bond donors (Lipinski definition) is 1. The summed E-state index contributed by atoms with van der Waals surface area (Å²) in [5.74, 6) is 0.689. The Morgan fingerprint density at radius 2 is 2.27 bits per heavy atom. The Bertz CT molecular complexity index is 664. The quantitative estimate of drug-likeness (QED) is 0.935. The summed E-state index contributed by atoms with van der Waals surface area (Å²) in [6, 6.07) is 4.99. The monoisotopic (exact) mass is 325 g/mol. The zero-order chi connectivity index (χ0) is 15.7. The fourth-order valence-electron chi connectivity index (χ4n) is 2.93. The number of benzene rings is 1. The van der Waals surface area contributed by atoms with Crippen molar-refractivity contribution in [2.45, 2.75) is 19.4 Å². The highest BCUT2D eigenvalue weighted by Gasteiger charge is 2.37. The fraction of sp³-hybridized carbons (Fsp3) is 0.467. The first-order chi connectivity index (χ1) is 10.6. The standard InChI is InChI=1S/C15H17ClFN3O2/c1-9-18-15(22-19-9)12-7-20(6-11(12)8-21)5-10-3-2-4-13(16)14(10)17/h2-4,11-12,21H,5-8H2,1H3/t11-,12+/m0/s1. The van der Waals surface area contributed by atoms with Crippen molar-refractivity contribution < 1.29 is 14.0 Å². The first-order valence-electron chi connectivity index (χ1n) is 7.14. The molecule has 5 nitrogen and oxygen atoms in total. The number of halogens is 2. The second kappa shape index (κ2) is 6.32. The number of aryl methyl sites for hydroxylation is 1. The first kappa shape index (κ1) is 15.4. The molecule has 2 heterocycles. The van der Waals surface area contributed by atoms with E-state index in [2.05, 4.69) is 15.0 Å². The maximum absolute atomic E-state index is 14.0. The number of nitrogens with zero attached hydrogens (tertiary/aromatic N) is 3. The Labute approximate surface area is 132 Å². The number of aliphatic hydroxyl groups is 1. The largest absolute Gasteiger partial charge is 0.396 e. The molecular weight excluding hydrogens is 309 g/mol. The normalized spacial score (nSPS) is 22.4. The van der Waals surface area contributed by atoms with E-state index in [1.54, 1.807) is 19.1 Å². The molecule has 1 fully saturated rings. The minimum Gasteiger partial charge on any atom is -0.396 e. The number of likely N-dealkylation sites (tertiary alicyclic amines) is 1. The van der Waals surface area contributed by atoms with Gasteiger partial charge in [-0.15, -0.1) is 0 Å². The van der Waals surface area contributed by atoms with Crippen molar-refractivity contribution in [3.8, 4) is 0 Å². The van der Waals surface area contributed by atoms with E-state index < -0.39 is 0 Å².